The quantitative estimate of drug-likeness (QED) is 0.273. The van der Waals surface area contributed by atoms with Crippen LogP contribution in [0.1, 0.15) is 30.2 Å². The maximum Gasteiger partial charge on any atom is 0.297 e. The molecule has 0 unspecified atom stereocenters. The van der Waals surface area contributed by atoms with E-state index in [0.29, 0.717) is 36.3 Å². The molecule has 10 heteroatoms. The molecule has 0 radical (unpaired) electrons. The highest BCUT2D eigenvalue weighted by atomic mass is 16.5. The molecule has 0 saturated carbocycles. The highest BCUT2D eigenvalue weighted by Crippen LogP contribution is 2.45. The van der Waals surface area contributed by atoms with Crippen molar-refractivity contribution in [1.82, 2.24) is 19.6 Å². The predicted molar refractivity (Wildman–Crippen MR) is 154 cm³/mol. The lowest BCUT2D eigenvalue weighted by atomic mass is 9.83. The molecule has 212 valence electrons. The molecule has 0 saturated heterocycles. The highest BCUT2D eigenvalue weighted by molar-refractivity contribution is 6.07. The predicted octanol–water partition coefficient (Wildman–Crippen LogP) is 2.99. The number of allylic oxidation sites excluding steroid dienone is 1. The van der Waals surface area contributed by atoms with Gasteiger partial charge in [0.25, 0.3) is 11.5 Å². The number of aryl methyl sites for hydroxylation is 1. The standard InChI is InChI=1S/C31H33N5O5/c1-22(8-5-6-17-34-21-24(16-19-37)32-33-34)31(40)26-9-3-4-10-27(26)36(30(31)39)20-23-12-14-25(15-13-23)35-18-7-11-28(41-2)29(35)38/h3-5,7-15,18,21-22,37,40H,6,16-17,19-20H2,1-2H3/b8-5+/t22-,31+/m0/s1. The Balaban J connectivity index is 1.31. The number of pyridine rings is 1. The number of carbonyl (C=O) groups is 1. The molecule has 10 nitrogen and oxygen atoms in total. The number of benzene rings is 2. The van der Waals surface area contributed by atoms with Crippen LogP contribution in [0.3, 0.4) is 0 Å². The number of fused-ring (bicyclic) bond motifs is 1. The fourth-order valence-electron chi connectivity index (χ4n) is 5.16. The first-order valence-electron chi connectivity index (χ1n) is 13.5. The van der Waals surface area contributed by atoms with Crippen LogP contribution in [0.15, 0.2) is 90.0 Å². The summed E-state index contributed by atoms with van der Waals surface area (Å²) >= 11 is 0. The average Bonchev–Trinajstić information content (AvgIpc) is 3.53. The molecule has 1 aliphatic rings. The highest BCUT2D eigenvalue weighted by Gasteiger charge is 2.52. The van der Waals surface area contributed by atoms with E-state index in [1.807, 2.05) is 61.5 Å². The minimum atomic E-state index is -1.71. The fourth-order valence-corrected chi connectivity index (χ4v) is 5.16. The second-order valence-electron chi connectivity index (χ2n) is 10.0. The van der Waals surface area contributed by atoms with E-state index in [4.69, 9.17) is 9.84 Å². The summed E-state index contributed by atoms with van der Waals surface area (Å²) in [4.78, 5) is 28.0. The largest absolute Gasteiger partial charge is 0.491 e. The SMILES string of the molecule is COc1cccn(-c2ccc(CN3C(=O)[C@@](O)([C@@H](C)/C=C/CCn4cc(CCO)nn4)c4ccccc43)cc2)c1=O. The number of nitrogens with zero attached hydrogens (tertiary/aromatic N) is 5. The lowest BCUT2D eigenvalue weighted by Gasteiger charge is -2.27. The number of methoxy groups -OCH3 is 1. The van der Waals surface area contributed by atoms with Crippen molar-refractivity contribution in [3.63, 3.8) is 0 Å². The number of aliphatic hydroxyl groups excluding tert-OH is 1. The van der Waals surface area contributed by atoms with Crippen molar-refractivity contribution < 1.29 is 19.7 Å². The van der Waals surface area contributed by atoms with Gasteiger partial charge < -0.3 is 19.8 Å². The van der Waals surface area contributed by atoms with Crippen molar-refractivity contribution in [3.8, 4) is 11.4 Å². The molecule has 0 bridgehead atoms. The molecular formula is C31H33N5O5. The van der Waals surface area contributed by atoms with Crippen molar-refractivity contribution in [2.24, 2.45) is 5.92 Å². The van der Waals surface area contributed by atoms with Crippen LogP contribution in [0.4, 0.5) is 5.69 Å². The first-order chi connectivity index (χ1) is 19.9. The van der Waals surface area contributed by atoms with Gasteiger partial charge in [0.15, 0.2) is 11.4 Å². The number of aliphatic hydroxyl groups is 2. The summed E-state index contributed by atoms with van der Waals surface area (Å²) in [6.07, 6.45) is 8.39. The van der Waals surface area contributed by atoms with Gasteiger partial charge in [-0.05, 0) is 42.3 Å². The summed E-state index contributed by atoms with van der Waals surface area (Å²) in [5, 5.41) is 29.0. The minimum absolute atomic E-state index is 0.0250. The molecule has 0 fully saturated rings. The molecule has 1 amide bonds. The van der Waals surface area contributed by atoms with Crippen molar-refractivity contribution in [1.29, 1.82) is 0 Å². The lowest BCUT2D eigenvalue weighted by molar-refractivity contribution is -0.139. The summed E-state index contributed by atoms with van der Waals surface area (Å²) in [7, 11) is 1.46. The molecule has 0 aliphatic carbocycles. The van der Waals surface area contributed by atoms with Crippen LogP contribution in [0.5, 0.6) is 5.75 Å². The molecule has 4 aromatic rings. The van der Waals surface area contributed by atoms with Crippen LogP contribution < -0.4 is 15.2 Å². The zero-order valence-corrected chi connectivity index (χ0v) is 23.1. The number of rotatable bonds is 11. The van der Waals surface area contributed by atoms with Gasteiger partial charge in [-0.1, -0.05) is 54.6 Å². The number of carbonyl (C=O) groups excluding carboxylic acids is 1. The van der Waals surface area contributed by atoms with Gasteiger partial charge in [0.05, 0.1) is 25.0 Å². The molecule has 5 rings (SSSR count). The number of ether oxygens (including phenoxy) is 1. The van der Waals surface area contributed by atoms with E-state index in [9.17, 15) is 14.7 Å². The van der Waals surface area contributed by atoms with Gasteiger partial charge in [0.1, 0.15) is 0 Å². The Labute approximate surface area is 237 Å². The Morgan fingerprint density at radius 2 is 1.85 bits per heavy atom. The molecule has 2 aromatic carbocycles. The van der Waals surface area contributed by atoms with E-state index in [1.54, 1.807) is 40.2 Å². The first-order valence-corrected chi connectivity index (χ1v) is 13.5. The molecular weight excluding hydrogens is 522 g/mol. The number of hydrogen-bond acceptors (Lipinski definition) is 7. The number of hydrogen-bond donors (Lipinski definition) is 2. The molecule has 2 atom stereocenters. The smallest absolute Gasteiger partial charge is 0.297 e. The zero-order valence-electron chi connectivity index (χ0n) is 23.1. The van der Waals surface area contributed by atoms with Crippen molar-refractivity contribution >= 4 is 11.6 Å². The van der Waals surface area contributed by atoms with E-state index < -0.39 is 11.5 Å². The van der Waals surface area contributed by atoms with Crippen LogP contribution in [0.2, 0.25) is 0 Å². The maximum absolute atomic E-state index is 13.8. The number of anilines is 1. The van der Waals surface area contributed by atoms with Gasteiger partial charge in [-0.25, -0.2) is 0 Å². The second-order valence-corrected chi connectivity index (χ2v) is 10.0. The lowest BCUT2D eigenvalue weighted by Crippen LogP contribution is -2.44. The number of amides is 1. The Bertz CT molecular complexity index is 1610. The first kappa shape index (κ1) is 28.0. The zero-order chi connectivity index (χ0) is 29.0. The van der Waals surface area contributed by atoms with E-state index in [-0.39, 0.29) is 30.4 Å². The van der Waals surface area contributed by atoms with Crippen LogP contribution >= 0.6 is 0 Å². The number of para-hydroxylation sites is 1. The van der Waals surface area contributed by atoms with Gasteiger partial charge in [0, 0.05) is 49.1 Å². The van der Waals surface area contributed by atoms with E-state index in [0.717, 1.165) is 11.3 Å². The van der Waals surface area contributed by atoms with Gasteiger partial charge in [-0.15, -0.1) is 5.10 Å². The van der Waals surface area contributed by atoms with Gasteiger partial charge >= 0.3 is 0 Å². The van der Waals surface area contributed by atoms with E-state index in [2.05, 4.69) is 10.3 Å². The fraction of sp³-hybridized carbons (Fsp3) is 0.290. The topological polar surface area (TPSA) is 123 Å². The number of aromatic nitrogens is 4. The van der Waals surface area contributed by atoms with Gasteiger partial charge in [-0.2, -0.15) is 0 Å². The molecule has 41 heavy (non-hydrogen) atoms. The molecule has 0 spiro atoms. The minimum Gasteiger partial charge on any atom is -0.491 e. The molecule has 2 aromatic heterocycles. The third kappa shape index (κ3) is 5.44. The summed E-state index contributed by atoms with van der Waals surface area (Å²) in [6, 6.07) is 18.1. The van der Waals surface area contributed by atoms with Crippen molar-refractivity contribution in [2.45, 2.75) is 38.5 Å². The van der Waals surface area contributed by atoms with Crippen LogP contribution in [-0.2, 0) is 29.9 Å². The Kier molecular flexibility index (Phi) is 8.14. The summed E-state index contributed by atoms with van der Waals surface area (Å²) in [5.41, 5.74) is 1.55. The second kappa shape index (κ2) is 11.9. The van der Waals surface area contributed by atoms with Crippen LogP contribution in [-0.4, -0.2) is 49.4 Å². The average molecular weight is 556 g/mol. The summed E-state index contributed by atoms with van der Waals surface area (Å²) in [5.74, 6) is -0.609. The molecule has 1 aliphatic heterocycles. The summed E-state index contributed by atoms with van der Waals surface area (Å²) < 4.78 is 8.36. The Hall–Kier alpha value is -4.54. The van der Waals surface area contributed by atoms with Crippen LogP contribution in [0, 0.1) is 5.92 Å². The normalized spacial score (nSPS) is 17.3. The van der Waals surface area contributed by atoms with Crippen molar-refractivity contribution in [2.75, 3.05) is 18.6 Å². The monoisotopic (exact) mass is 555 g/mol. The van der Waals surface area contributed by atoms with Crippen LogP contribution in [0.25, 0.3) is 5.69 Å². The molecule has 3 heterocycles. The Morgan fingerprint density at radius 1 is 1.07 bits per heavy atom. The Morgan fingerprint density at radius 3 is 2.61 bits per heavy atom. The molecule has 2 N–H and O–H groups in total. The van der Waals surface area contributed by atoms with Gasteiger partial charge in [0.2, 0.25) is 0 Å². The van der Waals surface area contributed by atoms with E-state index >= 15 is 0 Å². The maximum atomic E-state index is 13.8. The third-order valence-electron chi connectivity index (χ3n) is 7.43. The van der Waals surface area contributed by atoms with Gasteiger partial charge in [-0.3, -0.25) is 18.8 Å². The van der Waals surface area contributed by atoms with Crippen molar-refractivity contribution in [3.05, 3.63) is 112 Å². The third-order valence-corrected chi connectivity index (χ3v) is 7.43. The summed E-state index contributed by atoms with van der Waals surface area (Å²) in [6.45, 7) is 2.72. The van der Waals surface area contributed by atoms with E-state index in [1.165, 1.54) is 11.7 Å².